The molecule has 0 aromatic carbocycles. The molecule has 0 aliphatic rings. The Kier molecular flexibility index (Phi) is 5.28. The summed E-state index contributed by atoms with van der Waals surface area (Å²) in [5, 5.41) is 11.2. The van der Waals surface area contributed by atoms with E-state index in [0.29, 0.717) is 6.42 Å². The molecular formula is C10H20N2O3. The molecule has 0 saturated heterocycles. The van der Waals surface area contributed by atoms with Gasteiger partial charge in [-0.1, -0.05) is 20.3 Å². The first-order chi connectivity index (χ1) is 6.81. The summed E-state index contributed by atoms with van der Waals surface area (Å²) in [6, 6.07) is 0. The molecule has 0 bridgehead atoms. The maximum Gasteiger partial charge on any atom is 0.308 e. The summed E-state index contributed by atoms with van der Waals surface area (Å²) in [4.78, 5) is 22.1. The molecule has 0 rings (SSSR count). The van der Waals surface area contributed by atoms with Crippen LogP contribution in [0.15, 0.2) is 0 Å². The quantitative estimate of drug-likeness (QED) is 0.597. The fourth-order valence-electron chi connectivity index (χ4n) is 1.17. The minimum Gasteiger partial charge on any atom is -0.481 e. The van der Waals surface area contributed by atoms with Gasteiger partial charge in [0.2, 0.25) is 5.91 Å². The van der Waals surface area contributed by atoms with Gasteiger partial charge in [-0.15, -0.1) is 0 Å². The first-order valence-corrected chi connectivity index (χ1v) is 5.11. The van der Waals surface area contributed by atoms with Gasteiger partial charge in [0.25, 0.3) is 0 Å². The van der Waals surface area contributed by atoms with Crippen molar-refractivity contribution in [2.75, 3.05) is 6.54 Å². The fourth-order valence-corrected chi connectivity index (χ4v) is 1.17. The van der Waals surface area contributed by atoms with E-state index in [2.05, 4.69) is 5.32 Å². The fraction of sp³-hybridized carbons (Fsp3) is 0.800. The van der Waals surface area contributed by atoms with Crippen LogP contribution in [0.3, 0.4) is 0 Å². The van der Waals surface area contributed by atoms with E-state index in [9.17, 15) is 9.59 Å². The van der Waals surface area contributed by atoms with Crippen molar-refractivity contribution in [1.29, 1.82) is 0 Å². The molecule has 0 aliphatic carbocycles. The Bertz CT molecular complexity index is 239. The lowest BCUT2D eigenvalue weighted by atomic mass is 9.96. The summed E-state index contributed by atoms with van der Waals surface area (Å²) in [6.45, 7) is 5.25. The molecule has 0 saturated carbocycles. The van der Waals surface area contributed by atoms with Crippen LogP contribution in [0.2, 0.25) is 0 Å². The Morgan fingerprint density at radius 2 is 2.07 bits per heavy atom. The highest BCUT2D eigenvalue weighted by molar-refractivity contribution is 5.85. The Hall–Kier alpha value is -1.10. The molecule has 2 atom stereocenters. The molecule has 5 nitrogen and oxygen atoms in total. The van der Waals surface area contributed by atoms with Gasteiger partial charge < -0.3 is 16.2 Å². The number of hydrogen-bond acceptors (Lipinski definition) is 3. The Labute approximate surface area is 90.0 Å². The topological polar surface area (TPSA) is 92.4 Å². The highest BCUT2D eigenvalue weighted by Gasteiger charge is 2.27. The predicted molar refractivity (Wildman–Crippen MR) is 57.3 cm³/mol. The molecule has 0 fully saturated rings. The van der Waals surface area contributed by atoms with E-state index < -0.39 is 17.4 Å². The average molecular weight is 216 g/mol. The number of hydrogen-bond donors (Lipinski definition) is 3. The maximum atomic E-state index is 11.6. The van der Waals surface area contributed by atoms with Crippen LogP contribution in [0.25, 0.3) is 0 Å². The van der Waals surface area contributed by atoms with Crippen LogP contribution < -0.4 is 11.1 Å². The molecule has 2 unspecified atom stereocenters. The summed E-state index contributed by atoms with van der Waals surface area (Å²) in [5.41, 5.74) is 4.86. The normalized spacial score (nSPS) is 16.5. The number of nitrogens with one attached hydrogen (secondary N) is 1. The Morgan fingerprint density at radius 3 is 2.47 bits per heavy atom. The van der Waals surface area contributed by atoms with Gasteiger partial charge in [0, 0.05) is 6.54 Å². The minimum atomic E-state index is -0.926. The van der Waals surface area contributed by atoms with E-state index in [-0.39, 0.29) is 12.5 Å². The number of aliphatic carboxylic acids is 1. The minimum absolute atomic E-state index is 0.116. The van der Waals surface area contributed by atoms with Crippen LogP contribution >= 0.6 is 0 Å². The number of carboxylic acids is 1. The van der Waals surface area contributed by atoms with Crippen LogP contribution in [0.5, 0.6) is 0 Å². The third-order valence-electron chi connectivity index (χ3n) is 2.28. The molecule has 4 N–H and O–H groups in total. The van der Waals surface area contributed by atoms with Crippen molar-refractivity contribution in [3.8, 4) is 0 Å². The highest BCUT2D eigenvalue weighted by Crippen LogP contribution is 2.08. The van der Waals surface area contributed by atoms with Crippen molar-refractivity contribution in [1.82, 2.24) is 5.32 Å². The average Bonchev–Trinajstić information content (AvgIpc) is 2.13. The van der Waals surface area contributed by atoms with Crippen molar-refractivity contribution in [3.63, 3.8) is 0 Å². The van der Waals surface area contributed by atoms with E-state index in [1.165, 1.54) is 6.92 Å². The highest BCUT2D eigenvalue weighted by atomic mass is 16.4. The molecular weight excluding hydrogens is 196 g/mol. The zero-order valence-corrected chi connectivity index (χ0v) is 9.54. The maximum absolute atomic E-state index is 11.6. The summed E-state index contributed by atoms with van der Waals surface area (Å²) in [7, 11) is 0. The van der Waals surface area contributed by atoms with E-state index in [4.69, 9.17) is 10.8 Å². The van der Waals surface area contributed by atoms with Gasteiger partial charge in [-0.2, -0.15) is 0 Å². The Morgan fingerprint density at radius 1 is 1.53 bits per heavy atom. The van der Waals surface area contributed by atoms with E-state index in [1.807, 2.05) is 6.92 Å². The molecule has 0 aliphatic heterocycles. The largest absolute Gasteiger partial charge is 0.481 e. The molecule has 15 heavy (non-hydrogen) atoms. The lowest BCUT2D eigenvalue weighted by Gasteiger charge is -2.23. The van der Waals surface area contributed by atoms with Crippen molar-refractivity contribution in [2.24, 2.45) is 11.7 Å². The monoisotopic (exact) mass is 216 g/mol. The first kappa shape index (κ1) is 13.9. The second-order valence-corrected chi connectivity index (χ2v) is 4.12. The van der Waals surface area contributed by atoms with E-state index in [1.54, 1.807) is 6.92 Å². The number of nitrogens with two attached hydrogens (primary N) is 1. The third kappa shape index (κ3) is 4.78. The van der Waals surface area contributed by atoms with Gasteiger partial charge in [-0.3, -0.25) is 9.59 Å². The number of carboxylic acid groups (broad SMARTS) is 1. The number of rotatable bonds is 6. The van der Waals surface area contributed by atoms with E-state index in [0.717, 1.165) is 6.42 Å². The van der Waals surface area contributed by atoms with E-state index >= 15 is 0 Å². The van der Waals surface area contributed by atoms with Gasteiger partial charge in [0.1, 0.15) is 0 Å². The molecule has 1 amide bonds. The lowest BCUT2D eigenvalue weighted by Crippen LogP contribution is -2.52. The van der Waals surface area contributed by atoms with Crippen molar-refractivity contribution >= 4 is 11.9 Å². The SMILES string of the molecule is CCCC(C)(N)C(=O)NCC(C)C(=O)O. The van der Waals surface area contributed by atoms with Crippen molar-refractivity contribution in [3.05, 3.63) is 0 Å². The summed E-state index contributed by atoms with van der Waals surface area (Å²) in [5.74, 6) is -1.81. The van der Waals surface area contributed by atoms with Gasteiger partial charge in [-0.05, 0) is 13.3 Å². The molecule has 0 heterocycles. The van der Waals surface area contributed by atoms with Gasteiger partial charge in [0.15, 0.2) is 0 Å². The third-order valence-corrected chi connectivity index (χ3v) is 2.28. The summed E-state index contributed by atoms with van der Waals surface area (Å²) in [6.07, 6.45) is 1.40. The van der Waals surface area contributed by atoms with Crippen LogP contribution in [0.4, 0.5) is 0 Å². The summed E-state index contributed by atoms with van der Waals surface area (Å²) < 4.78 is 0. The Balaban J connectivity index is 4.08. The van der Waals surface area contributed by atoms with Crippen LogP contribution in [-0.4, -0.2) is 29.1 Å². The lowest BCUT2D eigenvalue weighted by molar-refractivity contribution is -0.141. The van der Waals surface area contributed by atoms with Crippen LogP contribution in [-0.2, 0) is 9.59 Å². The van der Waals surface area contributed by atoms with Gasteiger partial charge in [0.05, 0.1) is 11.5 Å². The van der Waals surface area contributed by atoms with Crippen molar-refractivity contribution < 1.29 is 14.7 Å². The number of amides is 1. The molecule has 0 aromatic heterocycles. The van der Waals surface area contributed by atoms with Crippen LogP contribution in [0.1, 0.15) is 33.6 Å². The first-order valence-electron chi connectivity index (χ1n) is 5.11. The standard InChI is InChI=1S/C10H20N2O3/c1-4-5-10(3,11)9(15)12-6-7(2)8(13)14/h7H,4-6,11H2,1-3H3,(H,12,15)(H,13,14). The molecule has 0 spiro atoms. The van der Waals surface area contributed by atoms with Crippen LogP contribution in [0, 0.1) is 5.92 Å². The second kappa shape index (κ2) is 5.70. The second-order valence-electron chi connectivity index (χ2n) is 4.12. The number of carbonyl (C=O) groups excluding carboxylic acids is 1. The van der Waals surface area contributed by atoms with Crippen molar-refractivity contribution in [2.45, 2.75) is 39.2 Å². The summed E-state index contributed by atoms with van der Waals surface area (Å²) >= 11 is 0. The smallest absolute Gasteiger partial charge is 0.308 e. The predicted octanol–water partition coefficient (Wildman–Crippen LogP) is 0.341. The molecule has 88 valence electrons. The van der Waals surface area contributed by atoms with Gasteiger partial charge in [-0.25, -0.2) is 0 Å². The zero-order chi connectivity index (χ0) is 12.1. The molecule has 5 heteroatoms. The molecule has 0 radical (unpaired) electrons. The number of carbonyl (C=O) groups is 2. The zero-order valence-electron chi connectivity index (χ0n) is 9.54. The van der Waals surface area contributed by atoms with Gasteiger partial charge >= 0.3 is 5.97 Å². The molecule has 0 aromatic rings.